The lowest BCUT2D eigenvalue weighted by atomic mass is 10.0. The van der Waals surface area contributed by atoms with Gasteiger partial charge in [-0.2, -0.15) is 0 Å². The maximum absolute atomic E-state index is 4.80. The van der Waals surface area contributed by atoms with Crippen LogP contribution in [0.3, 0.4) is 0 Å². The number of nitrogens with one attached hydrogen (secondary N) is 1. The van der Waals surface area contributed by atoms with Gasteiger partial charge in [0.05, 0.1) is 0 Å². The maximum Gasteiger partial charge on any atom is 0.134 e. The summed E-state index contributed by atoms with van der Waals surface area (Å²) >= 11 is 0. The second-order valence-corrected chi connectivity index (χ2v) is 6.23. The van der Waals surface area contributed by atoms with E-state index >= 15 is 0 Å². The predicted molar refractivity (Wildman–Crippen MR) is 90.0 cm³/mol. The number of anilines is 2. The second-order valence-electron chi connectivity index (χ2n) is 6.23. The molecule has 0 saturated carbocycles. The Morgan fingerprint density at radius 3 is 2.81 bits per heavy atom. The van der Waals surface area contributed by atoms with Gasteiger partial charge >= 0.3 is 0 Å². The monoisotopic (exact) mass is 290 g/mol. The van der Waals surface area contributed by atoms with Crippen LogP contribution < -0.4 is 10.2 Å². The third-order valence-corrected chi connectivity index (χ3v) is 4.13. The molecule has 1 atom stereocenters. The van der Waals surface area contributed by atoms with Crippen LogP contribution in [-0.2, 0) is 6.42 Å². The predicted octanol–water partition coefficient (Wildman–Crippen LogP) is 3.88. The van der Waals surface area contributed by atoms with Crippen LogP contribution in [-0.4, -0.2) is 29.6 Å². The molecule has 21 heavy (non-hydrogen) atoms. The molecule has 1 aliphatic rings. The summed E-state index contributed by atoms with van der Waals surface area (Å²) in [5.74, 6) is 3.92. The molecule has 0 aliphatic carbocycles. The fraction of sp³-hybridized carbons (Fsp3) is 0.765. The van der Waals surface area contributed by atoms with E-state index in [-0.39, 0.29) is 0 Å². The van der Waals surface area contributed by atoms with Crippen molar-refractivity contribution >= 4 is 11.6 Å². The van der Waals surface area contributed by atoms with E-state index < -0.39 is 0 Å². The summed E-state index contributed by atoms with van der Waals surface area (Å²) in [6, 6.07) is 2.13. The fourth-order valence-electron chi connectivity index (χ4n) is 2.82. The molecule has 2 rings (SSSR count). The molecular formula is C17H30N4. The van der Waals surface area contributed by atoms with Gasteiger partial charge in [-0.05, 0) is 38.0 Å². The molecule has 0 radical (unpaired) electrons. The molecule has 1 saturated heterocycles. The Balaban J connectivity index is 2.17. The quantitative estimate of drug-likeness (QED) is 0.863. The number of hydrogen-bond acceptors (Lipinski definition) is 4. The largest absolute Gasteiger partial charge is 0.370 e. The Morgan fingerprint density at radius 1 is 1.19 bits per heavy atom. The van der Waals surface area contributed by atoms with Gasteiger partial charge < -0.3 is 10.2 Å². The number of nitrogens with zero attached hydrogens (tertiary/aromatic N) is 3. The van der Waals surface area contributed by atoms with Crippen molar-refractivity contribution in [3.05, 3.63) is 11.9 Å². The van der Waals surface area contributed by atoms with Gasteiger partial charge in [-0.3, -0.25) is 0 Å². The molecule has 118 valence electrons. The Morgan fingerprint density at radius 2 is 2.05 bits per heavy atom. The zero-order valence-electron chi connectivity index (χ0n) is 13.9. The highest BCUT2D eigenvalue weighted by molar-refractivity contribution is 5.49. The van der Waals surface area contributed by atoms with Crippen LogP contribution in [0.2, 0.25) is 0 Å². The van der Waals surface area contributed by atoms with Crippen molar-refractivity contribution in [2.75, 3.05) is 29.9 Å². The average molecular weight is 290 g/mol. The van der Waals surface area contributed by atoms with Crippen LogP contribution in [0.5, 0.6) is 0 Å². The topological polar surface area (TPSA) is 41.0 Å². The summed E-state index contributed by atoms with van der Waals surface area (Å²) in [6.45, 7) is 9.94. The second kappa shape index (κ2) is 8.20. The summed E-state index contributed by atoms with van der Waals surface area (Å²) in [6.07, 6.45) is 7.04. The highest BCUT2D eigenvalue weighted by atomic mass is 15.2. The van der Waals surface area contributed by atoms with Gasteiger partial charge in [-0.1, -0.05) is 20.8 Å². The van der Waals surface area contributed by atoms with E-state index in [0.717, 1.165) is 62.3 Å². The van der Waals surface area contributed by atoms with Crippen molar-refractivity contribution < 1.29 is 0 Å². The average Bonchev–Trinajstić information content (AvgIpc) is 2.70. The molecule has 1 aromatic heterocycles. The Kier molecular flexibility index (Phi) is 6.27. The summed E-state index contributed by atoms with van der Waals surface area (Å²) < 4.78 is 0. The van der Waals surface area contributed by atoms with Crippen molar-refractivity contribution in [3.8, 4) is 0 Å². The Bertz CT molecular complexity index is 433. The zero-order chi connectivity index (χ0) is 15.1. The van der Waals surface area contributed by atoms with E-state index in [1.165, 1.54) is 19.3 Å². The smallest absolute Gasteiger partial charge is 0.134 e. The third-order valence-electron chi connectivity index (χ3n) is 4.13. The summed E-state index contributed by atoms with van der Waals surface area (Å²) in [7, 11) is 0. The molecule has 1 N–H and O–H groups in total. The first kappa shape index (κ1) is 16.1. The first-order valence-corrected chi connectivity index (χ1v) is 8.59. The molecule has 4 heteroatoms. The lowest BCUT2D eigenvalue weighted by Gasteiger charge is -2.22. The first-order chi connectivity index (χ1) is 10.2. The Labute approximate surface area is 129 Å². The molecule has 1 unspecified atom stereocenters. The van der Waals surface area contributed by atoms with E-state index in [2.05, 4.69) is 42.0 Å². The minimum Gasteiger partial charge on any atom is -0.370 e. The van der Waals surface area contributed by atoms with Gasteiger partial charge in [0, 0.05) is 32.1 Å². The Hall–Kier alpha value is -1.32. The molecule has 0 amide bonds. The SMILES string of the molecule is CCCNc1cc(N2CCCC(C)CC2)nc(CCC)n1. The van der Waals surface area contributed by atoms with Gasteiger partial charge in [0.25, 0.3) is 0 Å². The number of aryl methyl sites for hydroxylation is 1. The van der Waals surface area contributed by atoms with Crippen LogP contribution in [0.25, 0.3) is 0 Å². The van der Waals surface area contributed by atoms with Gasteiger partial charge in [-0.15, -0.1) is 0 Å². The minimum atomic E-state index is 0.838. The van der Waals surface area contributed by atoms with Crippen LogP contribution in [0, 0.1) is 5.92 Å². The van der Waals surface area contributed by atoms with Crippen molar-refractivity contribution in [1.82, 2.24) is 9.97 Å². The van der Waals surface area contributed by atoms with E-state index in [1.54, 1.807) is 0 Å². The zero-order valence-corrected chi connectivity index (χ0v) is 13.9. The number of rotatable bonds is 6. The van der Waals surface area contributed by atoms with Crippen LogP contribution in [0.1, 0.15) is 58.7 Å². The van der Waals surface area contributed by atoms with Gasteiger partial charge in [0.15, 0.2) is 0 Å². The molecule has 0 spiro atoms. The standard InChI is InChI=1S/C17H30N4/c1-4-7-15-19-16(18-10-5-2)13-17(20-15)21-11-6-8-14(3)9-12-21/h13-14H,4-12H2,1-3H3,(H,18,19,20). The highest BCUT2D eigenvalue weighted by Crippen LogP contribution is 2.23. The summed E-state index contributed by atoms with van der Waals surface area (Å²) in [5.41, 5.74) is 0. The molecule has 0 aromatic carbocycles. The lowest BCUT2D eigenvalue weighted by molar-refractivity contribution is 0.521. The van der Waals surface area contributed by atoms with Crippen LogP contribution in [0.4, 0.5) is 11.6 Å². The molecule has 1 aromatic rings. The molecule has 2 heterocycles. The van der Waals surface area contributed by atoms with E-state index in [0.29, 0.717) is 0 Å². The highest BCUT2D eigenvalue weighted by Gasteiger charge is 2.16. The van der Waals surface area contributed by atoms with Crippen LogP contribution in [0.15, 0.2) is 6.07 Å². The van der Waals surface area contributed by atoms with E-state index in [1.807, 2.05) is 0 Å². The van der Waals surface area contributed by atoms with Gasteiger partial charge in [-0.25, -0.2) is 9.97 Å². The van der Waals surface area contributed by atoms with Crippen LogP contribution >= 0.6 is 0 Å². The molecular weight excluding hydrogens is 260 g/mol. The minimum absolute atomic E-state index is 0.838. The van der Waals surface area contributed by atoms with E-state index in [9.17, 15) is 0 Å². The van der Waals surface area contributed by atoms with Crippen molar-refractivity contribution in [2.45, 2.75) is 59.3 Å². The fourth-order valence-corrected chi connectivity index (χ4v) is 2.82. The van der Waals surface area contributed by atoms with Crippen molar-refractivity contribution in [1.29, 1.82) is 0 Å². The third kappa shape index (κ3) is 4.87. The molecule has 4 nitrogen and oxygen atoms in total. The normalized spacial score (nSPS) is 19.4. The summed E-state index contributed by atoms with van der Waals surface area (Å²) in [5, 5.41) is 3.42. The maximum atomic E-state index is 4.80. The van der Waals surface area contributed by atoms with Crippen molar-refractivity contribution in [3.63, 3.8) is 0 Å². The van der Waals surface area contributed by atoms with E-state index in [4.69, 9.17) is 4.98 Å². The number of aromatic nitrogens is 2. The number of hydrogen-bond donors (Lipinski definition) is 1. The lowest BCUT2D eigenvalue weighted by Crippen LogP contribution is -2.26. The molecule has 1 fully saturated rings. The van der Waals surface area contributed by atoms with Crippen molar-refractivity contribution in [2.24, 2.45) is 5.92 Å². The molecule has 0 bridgehead atoms. The van der Waals surface area contributed by atoms with Gasteiger partial charge in [0.2, 0.25) is 0 Å². The molecule has 1 aliphatic heterocycles. The first-order valence-electron chi connectivity index (χ1n) is 8.59. The van der Waals surface area contributed by atoms with Gasteiger partial charge in [0.1, 0.15) is 17.5 Å². The summed E-state index contributed by atoms with van der Waals surface area (Å²) in [4.78, 5) is 11.9.